The summed E-state index contributed by atoms with van der Waals surface area (Å²) in [5.41, 5.74) is 0. The Kier molecular flexibility index (Phi) is 22.4. The molecule has 8 atom stereocenters. The number of esters is 1. The zero-order valence-electron chi connectivity index (χ0n) is 33.0. The highest BCUT2D eigenvalue weighted by molar-refractivity contribution is 5.96. The number of aliphatic hydroxyl groups excluding tert-OH is 2. The second kappa shape index (κ2) is 24.9. The quantitative estimate of drug-likeness (QED) is 0.0958. The highest BCUT2D eigenvalue weighted by Gasteiger charge is 2.38. The minimum absolute atomic E-state index is 0.00741. The summed E-state index contributed by atoms with van der Waals surface area (Å²) in [6, 6.07) is -5.15. The van der Waals surface area contributed by atoms with Crippen molar-refractivity contribution >= 4 is 35.5 Å². The van der Waals surface area contributed by atoms with E-state index >= 15 is 0 Å². The van der Waals surface area contributed by atoms with Gasteiger partial charge in [0.15, 0.2) is 0 Å². The van der Waals surface area contributed by atoms with Crippen LogP contribution >= 0.6 is 0 Å². The van der Waals surface area contributed by atoms with E-state index in [1.165, 1.54) is 51.0 Å². The van der Waals surface area contributed by atoms with Crippen molar-refractivity contribution < 1.29 is 43.7 Å². The number of nitrogens with one attached hydrogen (secondary N) is 4. The van der Waals surface area contributed by atoms with Crippen LogP contribution in [-0.4, -0.2) is 107 Å². The third-order valence-corrected chi connectivity index (χ3v) is 9.96. The summed E-state index contributed by atoms with van der Waals surface area (Å²) < 4.78 is 5.81. The highest BCUT2D eigenvalue weighted by Crippen LogP contribution is 2.22. The van der Waals surface area contributed by atoms with Gasteiger partial charge in [-0.1, -0.05) is 106 Å². The normalized spacial score (nSPS) is 25.9. The van der Waals surface area contributed by atoms with Crippen LogP contribution in [0.25, 0.3) is 0 Å². The van der Waals surface area contributed by atoms with Gasteiger partial charge in [0.1, 0.15) is 36.8 Å². The third-order valence-electron chi connectivity index (χ3n) is 9.96. The lowest BCUT2D eigenvalue weighted by atomic mass is 9.94. The molecular formula is C38H69N5O9. The van der Waals surface area contributed by atoms with Crippen LogP contribution in [0.1, 0.15) is 132 Å². The predicted molar refractivity (Wildman–Crippen MR) is 199 cm³/mol. The second-order valence-electron chi connectivity index (χ2n) is 14.9. The molecule has 0 saturated carbocycles. The van der Waals surface area contributed by atoms with Gasteiger partial charge in [0.05, 0.1) is 18.6 Å². The van der Waals surface area contributed by atoms with Crippen LogP contribution in [0.2, 0.25) is 0 Å². The lowest BCUT2D eigenvalue weighted by Crippen LogP contribution is -2.61. The summed E-state index contributed by atoms with van der Waals surface area (Å²) in [6.45, 7) is 11.1. The highest BCUT2D eigenvalue weighted by atomic mass is 16.5. The standard InChI is InChI=1S/C38H69N5O9/c1-9-11-12-13-14-15-16-17-18-19-20-30-26(6)38(51)43(8)29(21-24(3)4)35(48)41-32(25(5)10-2)37(50)40-28(23-44)34(47)42-33(27(7)45)36(49)39-22-31(46)52-30/h24-30,32-33,44-45H,9-23H2,1-8H3,(H,39,49)(H,40,50)(H,41,48)(H,42,47)/t25-,26+,27-,28-,29-,30+,32-,33-/m0/s1. The summed E-state index contributed by atoms with van der Waals surface area (Å²) in [4.78, 5) is 82.2. The fourth-order valence-corrected chi connectivity index (χ4v) is 6.31. The molecule has 0 radical (unpaired) electrons. The number of carbonyl (C=O) groups is 6. The van der Waals surface area contributed by atoms with E-state index in [1.54, 1.807) is 13.8 Å². The Hall–Kier alpha value is -3.26. The largest absolute Gasteiger partial charge is 0.460 e. The second-order valence-corrected chi connectivity index (χ2v) is 14.9. The van der Waals surface area contributed by atoms with Crippen LogP contribution in [0.15, 0.2) is 0 Å². The molecule has 0 aromatic carbocycles. The Morgan fingerprint density at radius 1 is 0.769 bits per heavy atom. The lowest BCUT2D eigenvalue weighted by Gasteiger charge is -2.34. The molecule has 14 nitrogen and oxygen atoms in total. The van der Waals surface area contributed by atoms with Gasteiger partial charge in [-0.3, -0.25) is 28.8 Å². The van der Waals surface area contributed by atoms with E-state index in [0.29, 0.717) is 19.3 Å². The molecule has 5 amide bonds. The predicted octanol–water partition coefficient (Wildman–Crippen LogP) is 2.72. The Bertz CT molecular complexity index is 1130. The van der Waals surface area contributed by atoms with E-state index in [-0.39, 0.29) is 12.3 Å². The van der Waals surface area contributed by atoms with Crippen molar-refractivity contribution in [2.24, 2.45) is 17.8 Å². The summed E-state index contributed by atoms with van der Waals surface area (Å²) in [5.74, 6) is -5.63. The molecule has 1 rings (SSSR count). The Labute approximate surface area is 311 Å². The van der Waals surface area contributed by atoms with Gasteiger partial charge in [0.25, 0.3) is 0 Å². The van der Waals surface area contributed by atoms with Gasteiger partial charge in [0, 0.05) is 7.05 Å². The molecule has 0 aromatic heterocycles. The van der Waals surface area contributed by atoms with Crippen LogP contribution in [0, 0.1) is 17.8 Å². The maximum absolute atomic E-state index is 14.0. The Morgan fingerprint density at radius 3 is 1.85 bits per heavy atom. The molecule has 0 unspecified atom stereocenters. The molecule has 1 aliphatic heterocycles. The van der Waals surface area contributed by atoms with Crippen molar-refractivity contribution in [3.63, 3.8) is 0 Å². The maximum atomic E-state index is 14.0. The fraction of sp³-hybridized carbons (Fsp3) is 0.842. The summed E-state index contributed by atoms with van der Waals surface area (Å²) in [5, 5.41) is 30.3. The molecule has 1 fully saturated rings. The van der Waals surface area contributed by atoms with E-state index in [9.17, 15) is 39.0 Å². The number of nitrogens with zero attached hydrogens (tertiary/aromatic N) is 1. The van der Waals surface area contributed by atoms with Crippen molar-refractivity contribution in [1.82, 2.24) is 26.2 Å². The van der Waals surface area contributed by atoms with Gasteiger partial charge in [-0.2, -0.15) is 0 Å². The Morgan fingerprint density at radius 2 is 1.33 bits per heavy atom. The number of aliphatic hydroxyl groups is 2. The molecule has 0 spiro atoms. The smallest absolute Gasteiger partial charge is 0.325 e. The number of hydrogen-bond donors (Lipinski definition) is 6. The fourth-order valence-electron chi connectivity index (χ4n) is 6.31. The average Bonchev–Trinajstić information content (AvgIpc) is 3.10. The Balaban J connectivity index is 3.42. The van der Waals surface area contributed by atoms with Crippen LogP contribution in [0.5, 0.6) is 0 Å². The maximum Gasteiger partial charge on any atom is 0.325 e. The number of hydrogen-bond acceptors (Lipinski definition) is 9. The van der Waals surface area contributed by atoms with Gasteiger partial charge in [-0.15, -0.1) is 0 Å². The zero-order chi connectivity index (χ0) is 39.4. The van der Waals surface area contributed by atoms with Crippen molar-refractivity contribution in [3.05, 3.63) is 0 Å². The zero-order valence-corrected chi connectivity index (χ0v) is 33.0. The average molecular weight is 740 g/mol. The third kappa shape index (κ3) is 16.2. The summed E-state index contributed by atoms with van der Waals surface area (Å²) in [6.07, 6.45) is 9.93. The van der Waals surface area contributed by atoms with E-state index in [1.807, 2.05) is 20.8 Å². The van der Waals surface area contributed by atoms with E-state index < -0.39 is 96.9 Å². The van der Waals surface area contributed by atoms with E-state index in [4.69, 9.17) is 4.74 Å². The molecule has 0 bridgehead atoms. The summed E-state index contributed by atoms with van der Waals surface area (Å²) in [7, 11) is 1.52. The molecule has 300 valence electrons. The minimum atomic E-state index is -1.54. The molecule has 1 saturated heterocycles. The first kappa shape index (κ1) is 46.8. The van der Waals surface area contributed by atoms with Crippen LogP contribution < -0.4 is 21.3 Å². The van der Waals surface area contributed by atoms with Crippen LogP contribution in [0.3, 0.4) is 0 Å². The molecular weight excluding hydrogens is 670 g/mol. The van der Waals surface area contributed by atoms with Gasteiger partial charge in [-0.25, -0.2) is 0 Å². The van der Waals surface area contributed by atoms with Crippen molar-refractivity contribution in [1.29, 1.82) is 0 Å². The van der Waals surface area contributed by atoms with Gasteiger partial charge >= 0.3 is 5.97 Å². The molecule has 1 heterocycles. The number of carbonyl (C=O) groups excluding carboxylic acids is 6. The number of unbranched alkanes of at least 4 members (excludes halogenated alkanes) is 9. The topological polar surface area (TPSA) is 203 Å². The molecule has 1 aliphatic rings. The van der Waals surface area contributed by atoms with E-state index in [2.05, 4.69) is 28.2 Å². The molecule has 0 aliphatic carbocycles. The monoisotopic (exact) mass is 740 g/mol. The first-order valence-corrected chi connectivity index (χ1v) is 19.5. The van der Waals surface area contributed by atoms with Gasteiger partial charge in [0.2, 0.25) is 29.5 Å². The number of amides is 5. The van der Waals surface area contributed by atoms with Gasteiger partial charge in [-0.05, 0) is 38.0 Å². The molecule has 52 heavy (non-hydrogen) atoms. The lowest BCUT2D eigenvalue weighted by molar-refractivity contribution is -0.157. The number of likely N-dealkylation sites (N-methyl/N-ethyl adjacent to an activating group) is 1. The first-order valence-electron chi connectivity index (χ1n) is 19.5. The van der Waals surface area contributed by atoms with Crippen molar-refractivity contribution in [3.8, 4) is 0 Å². The SMILES string of the molecule is CCCCCCCCCCCC[C@H]1OC(=O)CNC(=O)[C@H]([C@H](C)O)NC(=O)[C@H](CO)NC(=O)[C@H]([C@@H](C)CC)NC(=O)[C@H](CC(C)C)N(C)C(=O)[C@@H]1C. The summed E-state index contributed by atoms with van der Waals surface area (Å²) >= 11 is 0. The molecule has 6 N–H and O–H groups in total. The van der Waals surface area contributed by atoms with E-state index in [0.717, 1.165) is 25.7 Å². The number of cyclic esters (lactones) is 1. The van der Waals surface area contributed by atoms with Crippen LogP contribution in [0.4, 0.5) is 0 Å². The van der Waals surface area contributed by atoms with Crippen LogP contribution in [-0.2, 0) is 33.5 Å². The van der Waals surface area contributed by atoms with Crippen molar-refractivity contribution in [2.75, 3.05) is 20.2 Å². The number of rotatable bonds is 17. The number of ether oxygens (including phenoxy) is 1. The molecule has 0 aromatic rings. The minimum Gasteiger partial charge on any atom is -0.460 e. The molecule has 14 heteroatoms. The first-order chi connectivity index (χ1) is 24.6. The van der Waals surface area contributed by atoms with Crippen molar-refractivity contribution in [2.45, 2.75) is 168 Å². The van der Waals surface area contributed by atoms with Gasteiger partial charge < -0.3 is 41.1 Å².